The molecule has 0 unspecified atom stereocenters. The van der Waals surface area contributed by atoms with Crippen molar-refractivity contribution in [2.45, 2.75) is 19.9 Å². The molecule has 0 aliphatic heterocycles. The minimum absolute atomic E-state index is 0.697. The molecule has 0 amide bonds. The number of halogens is 2. The van der Waals surface area contributed by atoms with Gasteiger partial charge in [0.2, 0.25) is 0 Å². The number of nitrogens with zero attached hydrogens (tertiary/aromatic N) is 3. The molecule has 3 rings (SSSR count). The molecule has 0 aliphatic carbocycles. The van der Waals surface area contributed by atoms with Crippen LogP contribution in [0.1, 0.15) is 22.8 Å². The molecule has 0 radical (unpaired) electrons. The second-order valence-electron chi connectivity index (χ2n) is 5.15. The Balaban J connectivity index is 1.91. The van der Waals surface area contributed by atoms with Crippen molar-refractivity contribution in [3.05, 3.63) is 80.8 Å². The Labute approximate surface area is 143 Å². The lowest BCUT2D eigenvalue weighted by molar-refractivity contribution is 0.716. The maximum atomic E-state index is 6.10. The van der Waals surface area contributed by atoms with E-state index >= 15 is 0 Å². The minimum Gasteiger partial charge on any atom is -0.310 e. The largest absolute Gasteiger partial charge is 0.310 e. The normalized spacial score (nSPS) is 10.9. The third-order valence-electron chi connectivity index (χ3n) is 3.55. The van der Waals surface area contributed by atoms with E-state index < -0.39 is 0 Å². The number of benzene rings is 2. The minimum atomic E-state index is 0.697. The topological polar surface area (TPSA) is 30.7 Å². The zero-order chi connectivity index (χ0) is 15.5. The van der Waals surface area contributed by atoms with Gasteiger partial charge < -0.3 is 4.57 Å². The van der Waals surface area contributed by atoms with Crippen LogP contribution in [0.4, 0.5) is 0 Å². The summed E-state index contributed by atoms with van der Waals surface area (Å²) in [4.78, 5) is 0. The van der Waals surface area contributed by atoms with Gasteiger partial charge in [-0.15, -0.1) is 10.2 Å². The predicted octanol–water partition coefficient (Wildman–Crippen LogP) is 4.64. The molecule has 1 aromatic heterocycles. The van der Waals surface area contributed by atoms with E-state index in [1.54, 1.807) is 0 Å². The first-order valence-electron chi connectivity index (χ1n) is 7.00. The van der Waals surface area contributed by atoms with Crippen molar-refractivity contribution < 1.29 is 0 Å². The molecule has 3 aromatic rings. The average molecular weight is 377 g/mol. The molecule has 112 valence electrons. The third kappa shape index (κ3) is 3.39. The maximum absolute atomic E-state index is 6.10. The highest BCUT2D eigenvalue weighted by Crippen LogP contribution is 2.23. The first-order valence-corrected chi connectivity index (χ1v) is 8.17. The summed E-state index contributed by atoms with van der Waals surface area (Å²) >= 11 is 9.68. The van der Waals surface area contributed by atoms with E-state index in [0.717, 1.165) is 33.1 Å². The van der Waals surface area contributed by atoms with Crippen LogP contribution in [0.2, 0.25) is 5.02 Å². The third-order valence-corrected chi connectivity index (χ3v) is 4.56. The van der Waals surface area contributed by atoms with Crippen LogP contribution in [-0.4, -0.2) is 14.8 Å². The molecule has 0 fully saturated rings. The molecule has 0 atom stereocenters. The van der Waals surface area contributed by atoms with E-state index in [-0.39, 0.29) is 0 Å². The Bertz CT molecular complexity index is 784. The molecule has 1 heterocycles. The summed E-state index contributed by atoms with van der Waals surface area (Å²) in [5.74, 6) is 1.85. The molecular weight excluding hydrogens is 362 g/mol. The summed E-state index contributed by atoms with van der Waals surface area (Å²) in [5.41, 5.74) is 2.34. The number of hydrogen-bond donors (Lipinski definition) is 0. The van der Waals surface area contributed by atoms with E-state index in [1.807, 2.05) is 43.3 Å². The van der Waals surface area contributed by atoms with Crippen molar-refractivity contribution in [1.82, 2.24) is 14.8 Å². The van der Waals surface area contributed by atoms with Gasteiger partial charge in [-0.25, -0.2) is 0 Å². The first-order chi connectivity index (χ1) is 10.6. The highest BCUT2D eigenvalue weighted by Gasteiger charge is 2.11. The Morgan fingerprint density at radius 2 is 1.86 bits per heavy atom. The van der Waals surface area contributed by atoms with Crippen LogP contribution in [0.3, 0.4) is 0 Å². The SMILES string of the molecule is Cc1nnc(Cc2ccccc2)n1Cc1cc(Cl)ccc1Br. The van der Waals surface area contributed by atoms with E-state index in [1.165, 1.54) is 5.56 Å². The summed E-state index contributed by atoms with van der Waals surface area (Å²) < 4.78 is 3.17. The summed E-state index contributed by atoms with van der Waals surface area (Å²) in [6.07, 6.45) is 0.764. The molecule has 0 saturated heterocycles. The molecule has 3 nitrogen and oxygen atoms in total. The smallest absolute Gasteiger partial charge is 0.137 e. The highest BCUT2D eigenvalue weighted by molar-refractivity contribution is 9.10. The van der Waals surface area contributed by atoms with Crippen LogP contribution in [0, 0.1) is 6.92 Å². The molecule has 0 aliphatic rings. The average Bonchev–Trinajstić information content (AvgIpc) is 2.85. The Morgan fingerprint density at radius 1 is 1.09 bits per heavy atom. The van der Waals surface area contributed by atoms with E-state index in [4.69, 9.17) is 11.6 Å². The molecule has 0 spiro atoms. The van der Waals surface area contributed by atoms with Crippen LogP contribution < -0.4 is 0 Å². The quantitative estimate of drug-likeness (QED) is 0.664. The predicted molar refractivity (Wildman–Crippen MR) is 92.3 cm³/mol. The number of aryl methyl sites for hydroxylation is 1. The fourth-order valence-electron chi connectivity index (χ4n) is 2.37. The fourth-order valence-corrected chi connectivity index (χ4v) is 2.94. The van der Waals surface area contributed by atoms with Crippen molar-refractivity contribution in [2.75, 3.05) is 0 Å². The van der Waals surface area contributed by atoms with Crippen LogP contribution >= 0.6 is 27.5 Å². The van der Waals surface area contributed by atoms with Gasteiger partial charge in [0.25, 0.3) is 0 Å². The lowest BCUT2D eigenvalue weighted by Crippen LogP contribution is -2.08. The van der Waals surface area contributed by atoms with Gasteiger partial charge in [0.15, 0.2) is 0 Å². The van der Waals surface area contributed by atoms with Crippen LogP contribution in [0.15, 0.2) is 53.0 Å². The Hall–Kier alpha value is -1.65. The second-order valence-corrected chi connectivity index (χ2v) is 6.44. The van der Waals surface area contributed by atoms with Crippen LogP contribution in [0.5, 0.6) is 0 Å². The van der Waals surface area contributed by atoms with E-state index in [0.29, 0.717) is 6.54 Å². The van der Waals surface area contributed by atoms with E-state index in [9.17, 15) is 0 Å². The zero-order valence-electron chi connectivity index (χ0n) is 12.1. The van der Waals surface area contributed by atoms with Gasteiger partial charge >= 0.3 is 0 Å². The van der Waals surface area contributed by atoms with Crippen molar-refractivity contribution in [3.8, 4) is 0 Å². The van der Waals surface area contributed by atoms with Crippen LogP contribution in [0.25, 0.3) is 0 Å². The number of aromatic nitrogens is 3. The second kappa shape index (κ2) is 6.63. The standard InChI is InChI=1S/C17H15BrClN3/c1-12-20-21-17(9-13-5-3-2-4-6-13)22(12)11-14-10-15(19)7-8-16(14)18/h2-8,10H,9,11H2,1H3. The monoisotopic (exact) mass is 375 g/mol. The highest BCUT2D eigenvalue weighted by atomic mass is 79.9. The van der Waals surface area contributed by atoms with Crippen LogP contribution in [-0.2, 0) is 13.0 Å². The molecule has 0 N–H and O–H groups in total. The lowest BCUT2D eigenvalue weighted by atomic mass is 10.1. The Morgan fingerprint density at radius 3 is 2.64 bits per heavy atom. The summed E-state index contributed by atoms with van der Waals surface area (Å²) in [5, 5.41) is 9.28. The van der Waals surface area contributed by atoms with Crippen molar-refractivity contribution in [3.63, 3.8) is 0 Å². The summed E-state index contributed by atoms with van der Waals surface area (Å²) in [7, 11) is 0. The number of hydrogen-bond acceptors (Lipinski definition) is 2. The van der Waals surface area contributed by atoms with Gasteiger partial charge in [0.1, 0.15) is 11.6 Å². The van der Waals surface area contributed by atoms with Gasteiger partial charge in [0.05, 0.1) is 6.54 Å². The van der Waals surface area contributed by atoms with Crippen molar-refractivity contribution >= 4 is 27.5 Å². The van der Waals surface area contributed by atoms with Gasteiger partial charge in [-0.1, -0.05) is 57.9 Å². The fraction of sp³-hybridized carbons (Fsp3) is 0.176. The van der Waals surface area contributed by atoms with E-state index in [2.05, 4.69) is 42.8 Å². The summed E-state index contributed by atoms with van der Waals surface area (Å²) in [6.45, 7) is 2.67. The lowest BCUT2D eigenvalue weighted by Gasteiger charge is -2.11. The van der Waals surface area contributed by atoms with Crippen molar-refractivity contribution in [1.29, 1.82) is 0 Å². The zero-order valence-corrected chi connectivity index (χ0v) is 14.5. The number of rotatable bonds is 4. The van der Waals surface area contributed by atoms with Gasteiger partial charge in [-0.2, -0.15) is 0 Å². The summed E-state index contributed by atoms with van der Waals surface area (Å²) in [6, 6.07) is 16.1. The van der Waals surface area contributed by atoms with Crippen molar-refractivity contribution in [2.24, 2.45) is 0 Å². The van der Waals surface area contributed by atoms with Gasteiger partial charge in [0, 0.05) is 15.9 Å². The van der Waals surface area contributed by atoms with Gasteiger partial charge in [-0.3, -0.25) is 0 Å². The first kappa shape index (κ1) is 15.3. The maximum Gasteiger partial charge on any atom is 0.137 e. The molecule has 2 aromatic carbocycles. The molecule has 5 heteroatoms. The molecule has 0 bridgehead atoms. The molecule has 0 saturated carbocycles. The Kier molecular flexibility index (Phi) is 4.60. The van der Waals surface area contributed by atoms with Gasteiger partial charge in [-0.05, 0) is 36.2 Å². The molecular formula is C17H15BrClN3. The molecule has 22 heavy (non-hydrogen) atoms.